The maximum Gasteiger partial charge on any atom is 0.259 e. The van der Waals surface area contributed by atoms with Gasteiger partial charge in [0, 0.05) is 0 Å². The van der Waals surface area contributed by atoms with Crippen LogP contribution in [0.3, 0.4) is 0 Å². The number of hydrogen-bond donors (Lipinski definition) is 1. The van der Waals surface area contributed by atoms with Gasteiger partial charge < -0.3 is 4.98 Å². The van der Waals surface area contributed by atoms with Gasteiger partial charge in [-0.1, -0.05) is 17.7 Å². The highest BCUT2D eigenvalue weighted by Gasteiger charge is 2.01. The molecule has 0 saturated heterocycles. The Hall–Kier alpha value is -1.90. The molecule has 2 rings (SSSR count). The highest BCUT2D eigenvalue weighted by molar-refractivity contribution is 5.78. The number of hydrogen-bond acceptors (Lipinski definition) is 2. The zero-order chi connectivity index (χ0) is 10.8. The minimum atomic E-state index is -0.0863. The summed E-state index contributed by atoms with van der Waals surface area (Å²) in [5, 5.41) is 0.642. The quantitative estimate of drug-likeness (QED) is 0.767. The van der Waals surface area contributed by atoms with Gasteiger partial charge in [0.1, 0.15) is 5.82 Å². The first-order chi connectivity index (χ1) is 7.20. The predicted octanol–water partition coefficient (Wildman–Crippen LogP) is 2.26. The number of aryl methyl sites for hydroxylation is 1. The molecule has 0 radical (unpaired) electrons. The third kappa shape index (κ3) is 1.81. The Morgan fingerprint density at radius 2 is 2.20 bits per heavy atom. The fourth-order valence-electron chi connectivity index (χ4n) is 1.51. The summed E-state index contributed by atoms with van der Waals surface area (Å²) in [6, 6.07) is 5.67. The van der Waals surface area contributed by atoms with Crippen LogP contribution in [0.2, 0.25) is 0 Å². The van der Waals surface area contributed by atoms with Crippen molar-refractivity contribution in [3.05, 3.63) is 46.0 Å². The number of H-pyrrole nitrogens is 1. The van der Waals surface area contributed by atoms with Crippen molar-refractivity contribution in [1.29, 1.82) is 0 Å². The molecule has 0 unspecified atom stereocenters. The molecule has 1 heterocycles. The Balaban J connectivity index is 2.78. The van der Waals surface area contributed by atoms with Crippen LogP contribution < -0.4 is 5.56 Å². The Kier molecular flexibility index (Phi) is 2.37. The summed E-state index contributed by atoms with van der Waals surface area (Å²) in [6.07, 6.45) is 3.62. The van der Waals surface area contributed by atoms with Gasteiger partial charge >= 0.3 is 0 Å². The zero-order valence-electron chi connectivity index (χ0n) is 8.74. The van der Waals surface area contributed by atoms with Crippen LogP contribution in [0.1, 0.15) is 18.3 Å². The van der Waals surface area contributed by atoms with Crippen LogP contribution in [0, 0.1) is 6.92 Å². The largest absolute Gasteiger partial charge is 0.306 e. The first-order valence-corrected chi connectivity index (χ1v) is 4.84. The molecule has 0 aliphatic heterocycles. The molecule has 76 valence electrons. The second-order valence-electron chi connectivity index (χ2n) is 3.47. The van der Waals surface area contributed by atoms with Crippen LogP contribution in [-0.2, 0) is 0 Å². The lowest BCUT2D eigenvalue weighted by atomic mass is 10.2. The summed E-state index contributed by atoms with van der Waals surface area (Å²) >= 11 is 0. The molecule has 0 atom stereocenters. The van der Waals surface area contributed by atoms with Crippen molar-refractivity contribution >= 4 is 17.0 Å². The first-order valence-electron chi connectivity index (χ1n) is 4.84. The zero-order valence-corrected chi connectivity index (χ0v) is 8.74. The summed E-state index contributed by atoms with van der Waals surface area (Å²) in [4.78, 5) is 18.7. The Morgan fingerprint density at radius 3 is 2.93 bits per heavy atom. The van der Waals surface area contributed by atoms with Crippen LogP contribution in [0.15, 0.2) is 29.1 Å². The van der Waals surface area contributed by atoms with Gasteiger partial charge in [0.05, 0.1) is 10.9 Å². The van der Waals surface area contributed by atoms with Gasteiger partial charge in [-0.2, -0.15) is 0 Å². The van der Waals surface area contributed by atoms with E-state index in [1.165, 1.54) is 0 Å². The Bertz CT molecular complexity index is 582. The number of allylic oxidation sites excluding steroid dienone is 1. The van der Waals surface area contributed by atoms with E-state index in [1.807, 2.05) is 38.1 Å². The van der Waals surface area contributed by atoms with Gasteiger partial charge in [-0.15, -0.1) is 0 Å². The van der Waals surface area contributed by atoms with Crippen LogP contribution in [0.4, 0.5) is 0 Å². The molecule has 0 amide bonds. The minimum Gasteiger partial charge on any atom is -0.306 e. The summed E-state index contributed by atoms with van der Waals surface area (Å²) in [6.45, 7) is 3.85. The number of rotatable bonds is 1. The molecule has 15 heavy (non-hydrogen) atoms. The van der Waals surface area contributed by atoms with Crippen molar-refractivity contribution in [2.75, 3.05) is 0 Å². The molecule has 0 aliphatic carbocycles. The van der Waals surface area contributed by atoms with E-state index in [0.29, 0.717) is 11.2 Å². The molecule has 0 aliphatic rings. The smallest absolute Gasteiger partial charge is 0.259 e. The number of aromatic amines is 1. The SMILES string of the molecule is C/C=C/c1nc2ccc(C)cc2c(=O)[nH]1. The first kappa shape index (κ1) is 9.65. The van der Waals surface area contributed by atoms with E-state index in [4.69, 9.17) is 0 Å². The highest BCUT2D eigenvalue weighted by Crippen LogP contribution is 2.09. The van der Waals surface area contributed by atoms with E-state index in [1.54, 1.807) is 6.08 Å². The van der Waals surface area contributed by atoms with E-state index in [2.05, 4.69) is 9.97 Å². The second kappa shape index (κ2) is 3.69. The number of fused-ring (bicyclic) bond motifs is 1. The van der Waals surface area contributed by atoms with Crippen molar-refractivity contribution in [1.82, 2.24) is 9.97 Å². The monoisotopic (exact) mass is 200 g/mol. The number of benzene rings is 1. The number of aromatic nitrogens is 2. The van der Waals surface area contributed by atoms with Gasteiger partial charge in [-0.05, 0) is 32.1 Å². The van der Waals surface area contributed by atoms with Crippen LogP contribution >= 0.6 is 0 Å². The van der Waals surface area contributed by atoms with Crippen LogP contribution in [-0.4, -0.2) is 9.97 Å². The molecule has 0 fully saturated rings. The summed E-state index contributed by atoms with van der Waals surface area (Å²) in [5.74, 6) is 0.596. The van der Waals surface area contributed by atoms with E-state index in [-0.39, 0.29) is 5.56 Å². The lowest BCUT2D eigenvalue weighted by Gasteiger charge is -1.99. The fourth-order valence-corrected chi connectivity index (χ4v) is 1.51. The predicted molar refractivity (Wildman–Crippen MR) is 61.8 cm³/mol. The lowest BCUT2D eigenvalue weighted by molar-refractivity contribution is 1.14. The van der Waals surface area contributed by atoms with E-state index in [9.17, 15) is 4.79 Å². The topological polar surface area (TPSA) is 45.8 Å². The van der Waals surface area contributed by atoms with Gasteiger partial charge in [0.25, 0.3) is 5.56 Å². The van der Waals surface area contributed by atoms with Gasteiger partial charge in [0.15, 0.2) is 0 Å². The minimum absolute atomic E-state index is 0.0863. The maximum atomic E-state index is 11.7. The van der Waals surface area contributed by atoms with Crippen molar-refractivity contribution < 1.29 is 0 Å². The molecular formula is C12H12N2O. The summed E-state index contributed by atoms with van der Waals surface area (Å²) < 4.78 is 0. The van der Waals surface area contributed by atoms with Crippen LogP contribution in [0.5, 0.6) is 0 Å². The highest BCUT2D eigenvalue weighted by atomic mass is 16.1. The lowest BCUT2D eigenvalue weighted by Crippen LogP contribution is -2.09. The van der Waals surface area contributed by atoms with Crippen molar-refractivity contribution in [3.8, 4) is 0 Å². The standard InChI is InChI=1S/C12H12N2O/c1-3-4-11-13-10-6-5-8(2)7-9(10)12(15)14-11/h3-7H,1-2H3,(H,13,14,15)/b4-3+. The second-order valence-corrected chi connectivity index (χ2v) is 3.47. The van der Waals surface area contributed by atoms with Gasteiger partial charge in [0.2, 0.25) is 0 Å². The van der Waals surface area contributed by atoms with Crippen molar-refractivity contribution in [2.45, 2.75) is 13.8 Å². The molecule has 1 N–H and O–H groups in total. The Morgan fingerprint density at radius 1 is 1.40 bits per heavy atom. The number of nitrogens with one attached hydrogen (secondary N) is 1. The average Bonchev–Trinajstić information content (AvgIpc) is 2.20. The van der Waals surface area contributed by atoms with Crippen molar-refractivity contribution in [2.24, 2.45) is 0 Å². The molecule has 1 aromatic heterocycles. The molecule has 0 spiro atoms. The van der Waals surface area contributed by atoms with Crippen LogP contribution in [0.25, 0.3) is 17.0 Å². The van der Waals surface area contributed by atoms with Gasteiger partial charge in [-0.3, -0.25) is 4.79 Å². The third-order valence-electron chi connectivity index (χ3n) is 2.20. The molecule has 0 bridgehead atoms. The third-order valence-corrected chi connectivity index (χ3v) is 2.20. The molecule has 0 saturated carbocycles. The number of nitrogens with zero attached hydrogens (tertiary/aromatic N) is 1. The Labute approximate surface area is 87.5 Å². The van der Waals surface area contributed by atoms with E-state index < -0.39 is 0 Å². The normalized spacial score (nSPS) is 11.3. The molecule has 3 nitrogen and oxygen atoms in total. The maximum absolute atomic E-state index is 11.7. The molecule has 1 aromatic carbocycles. The molecule has 2 aromatic rings. The fraction of sp³-hybridized carbons (Fsp3) is 0.167. The summed E-state index contributed by atoms with van der Waals surface area (Å²) in [7, 11) is 0. The van der Waals surface area contributed by atoms with E-state index in [0.717, 1.165) is 11.1 Å². The van der Waals surface area contributed by atoms with Crippen molar-refractivity contribution in [3.63, 3.8) is 0 Å². The summed E-state index contributed by atoms with van der Waals surface area (Å²) in [5.41, 5.74) is 1.71. The van der Waals surface area contributed by atoms with E-state index >= 15 is 0 Å². The molecule has 3 heteroatoms. The van der Waals surface area contributed by atoms with Gasteiger partial charge in [-0.25, -0.2) is 4.98 Å². The molecular weight excluding hydrogens is 188 g/mol. The average molecular weight is 200 g/mol.